The Labute approximate surface area is 237 Å². The Kier molecular flexibility index (Phi) is 7.38. The summed E-state index contributed by atoms with van der Waals surface area (Å²) < 4.78 is 18.4. The number of rotatable bonds is 9. The maximum absolute atomic E-state index is 10.9. The molecule has 1 fully saturated rings. The predicted molar refractivity (Wildman–Crippen MR) is 153 cm³/mol. The van der Waals surface area contributed by atoms with E-state index < -0.39 is 30.1 Å². The number of ether oxygens (including phenoxy) is 3. The number of aliphatic hydroxyl groups excluding tert-OH is 2. The lowest BCUT2D eigenvalue weighted by Crippen LogP contribution is -2.38. The fourth-order valence-electron chi connectivity index (χ4n) is 5.63. The van der Waals surface area contributed by atoms with Crippen molar-refractivity contribution in [3.8, 4) is 5.75 Å². The largest absolute Gasteiger partial charge is 0.497 e. The molecule has 1 saturated heterocycles. The van der Waals surface area contributed by atoms with Crippen molar-refractivity contribution in [3.05, 3.63) is 114 Å². The summed E-state index contributed by atoms with van der Waals surface area (Å²) in [5.74, 6) is 1.24. The second-order valence-electron chi connectivity index (χ2n) is 9.82. The minimum absolute atomic E-state index is 0.293. The van der Waals surface area contributed by atoms with Gasteiger partial charge in [0.1, 0.15) is 35.9 Å². The Bertz CT molecular complexity index is 1560. The molecule has 1 aliphatic rings. The molecular weight excluding hydrogens is 522 g/mol. The maximum atomic E-state index is 10.9. The first kappa shape index (κ1) is 26.9. The fourth-order valence-corrected chi connectivity index (χ4v) is 5.63. The summed E-state index contributed by atoms with van der Waals surface area (Å²) in [7, 11) is 3.12. The third kappa shape index (κ3) is 4.60. The van der Waals surface area contributed by atoms with Gasteiger partial charge in [0.25, 0.3) is 0 Å². The Balaban J connectivity index is 1.51. The van der Waals surface area contributed by atoms with Gasteiger partial charge in [0, 0.05) is 7.11 Å². The molecule has 0 spiro atoms. The van der Waals surface area contributed by atoms with Gasteiger partial charge in [0.15, 0.2) is 23.2 Å². The second kappa shape index (κ2) is 11.3. The number of nitrogens with zero attached hydrogens (tertiary/aromatic N) is 4. The zero-order valence-corrected chi connectivity index (χ0v) is 22.7. The van der Waals surface area contributed by atoms with E-state index in [1.807, 2.05) is 60.7 Å². The van der Waals surface area contributed by atoms with Crippen LogP contribution in [0.15, 0.2) is 97.6 Å². The van der Waals surface area contributed by atoms with Crippen LogP contribution in [0.4, 0.5) is 5.82 Å². The molecule has 0 saturated carbocycles. The highest BCUT2D eigenvalue weighted by molar-refractivity contribution is 5.84. The van der Waals surface area contributed by atoms with E-state index >= 15 is 0 Å². The molecule has 6 rings (SSSR count). The number of hydrogen-bond donors (Lipinski definition) is 3. The molecule has 10 nitrogen and oxygen atoms in total. The van der Waals surface area contributed by atoms with Crippen LogP contribution in [0.25, 0.3) is 11.2 Å². The summed E-state index contributed by atoms with van der Waals surface area (Å²) in [5, 5.41) is 24.4. The zero-order chi connectivity index (χ0) is 28.4. The van der Waals surface area contributed by atoms with Crippen LogP contribution in [0, 0.1) is 0 Å². The molecule has 0 aliphatic carbocycles. The second-order valence-corrected chi connectivity index (χ2v) is 9.82. The molecule has 3 N–H and O–H groups in total. The van der Waals surface area contributed by atoms with Gasteiger partial charge in [-0.3, -0.25) is 4.57 Å². The number of methoxy groups -OCH3 is 2. The smallest absolute Gasteiger partial charge is 0.167 e. The summed E-state index contributed by atoms with van der Waals surface area (Å²) in [6.45, 7) is -0.293. The lowest BCUT2D eigenvalue weighted by Gasteiger charge is -2.37. The van der Waals surface area contributed by atoms with Crippen LogP contribution in [0.5, 0.6) is 5.75 Å². The Morgan fingerprint density at radius 3 is 2.07 bits per heavy atom. The quantitative estimate of drug-likeness (QED) is 0.235. The highest BCUT2D eigenvalue weighted by Gasteiger charge is 2.45. The highest BCUT2D eigenvalue weighted by Crippen LogP contribution is 2.41. The number of imidazole rings is 1. The third-order valence-corrected chi connectivity index (χ3v) is 7.64. The molecule has 1 aliphatic heterocycles. The molecule has 0 bridgehead atoms. The number of nitrogens with one attached hydrogen (secondary N) is 1. The normalized spacial score (nSPS) is 20.8. The van der Waals surface area contributed by atoms with Crippen LogP contribution in [0.2, 0.25) is 0 Å². The van der Waals surface area contributed by atoms with E-state index in [1.165, 1.54) is 13.4 Å². The van der Waals surface area contributed by atoms with Crippen LogP contribution in [-0.2, 0) is 15.0 Å². The first-order valence-corrected chi connectivity index (χ1v) is 13.3. The first-order valence-electron chi connectivity index (χ1n) is 13.3. The minimum Gasteiger partial charge on any atom is -0.497 e. The van der Waals surface area contributed by atoms with E-state index in [1.54, 1.807) is 18.0 Å². The fraction of sp³-hybridized carbons (Fsp3) is 0.258. The van der Waals surface area contributed by atoms with E-state index in [9.17, 15) is 10.2 Å². The molecule has 210 valence electrons. The molecule has 4 atom stereocenters. The Morgan fingerprint density at radius 2 is 1.51 bits per heavy atom. The van der Waals surface area contributed by atoms with Crippen molar-refractivity contribution < 1.29 is 24.4 Å². The molecule has 0 unspecified atom stereocenters. The number of aromatic nitrogens is 4. The predicted octanol–water partition coefficient (Wildman–Crippen LogP) is 3.50. The lowest BCUT2D eigenvalue weighted by atomic mass is 9.77. The molecular formula is C31H31N5O5. The van der Waals surface area contributed by atoms with Gasteiger partial charge in [-0.2, -0.15) is 0 Å². The van der Waals surface area contributed by atoms with Gasteiger partial charge in [-0.05, 0) is 28.8 Å². The van der Waals surface area contributed by atoms with E-state index in [0.29, 0.717) is 17.0 Å². The zero-order valence-electron chi connectivity index (χ0n) is 22.7. The summed E-state index contributed by atoms with van der Waals surface area (Å²) in [6.07, 6.45) is -0.245. The van der Waals surface area contributed by atoms with E-state index in [0.717, 1.165) is 22.4 Å². The van der Waals surface area contributed by atoms with Crippen molar-refractivity contribution >= 4 is 17.0 Å². The van der Waals surface area contributed by atoms with Gasteiger partial charge in [-0.1, -0.05) is 72.8 Å². The lowest BCUT2D eigenvalue weighted by molar-refractivity contribution is -0.0535. The molecule has 41 heavy (non-hydrogen) atoms. The van der Waals surface area contributed by atoms with Crippen LogP contribution in [0.3, 0.4) is 0 Å². The van der Waals surface area contributed by atoms with Crippen molar-refractivity contribution in [2.24, 2.45) is 0 Å². The van der Waals surface area contributed by atoms with Crippen LogP contribution in [0.1, 0.15) is 22.9 Å². The number of hydrogen-bond acceptors (Lipinski definition) is 9. The van der Waals surface area contributed by atoms with Gasteiger partial charge in [-0.15, -0.1) is 0 Å². The van der Waals surface area contributed by atoms with Crippen LogP contribution in [-0.4, -0.2) is 68.9 Å². The summed E-state index contributed by atoms with van der Waals surface area (Å²) in [4.78, 5) is 13.8. The van der Waals surface area contributed by atoms with E-state index in [4.69, 9.17) is 14.2 Å². The molecule has 3 heterocycles. The van der Waals surface area contributed by atoms with E-state index in [2.05, 4.69) is 44.5 Å². The molecule has 10 heteroatoms. The third-order valence-electron chi connectivity index (χ3n) is 7.64. The number of aliphatic hydroxyl groups is 2. The van der Waals surface area contributed by atoms with Crippen LogP contribution < -0.4 is 10.1 Å². The Morgan fingerprint density at radius 1 is 0.878 bits per heavy atom. The average molecular weight is 554 g/mol. The van der Waals surface area contributed by atoms with Crippen molar-refractivity contribution in [3.63, 3.8) is 0 Å². The number of anilines is 1. The van der Waals surface area contributed by atoms with Gasteiger partial charge in [0.2, 0.25) is 0 Å². The van der Waals surface area contributed by atoms with Gasteiger partial charge in [0.05, 0.1) is 20.0 Å². The standard InChI is InChI=1S/C31H31N5O5/c1-39-23-15-13-22(14-16-23)31(20-9-5-3-6-10-20,21-11-7-4-8-12-21)35-28-25-29(33-18-32-28)36(19-34-25)30-26(38)27(40-2)24(17-37)41-30/h3-16,18-19,24,26-27,30,37-38H,17H2,1-2H3,(H,32,33,35)/t24-,26-,27-,30-/m1/s1. The summed E-state index contributed by atoms with van der Waals surface area (Å²) in [6, 6.07) is 28.2. The first-order chi connectivity index (χ1) is 20.1. The van der Waals surface area contributed by atoms with Gasteiger partial charge < -0.3 is 29.7 Å². The SMILES string of the molecule is COc1ccc(C(Nc2ncnc3c2ncn3[C@@H]2O[C@H](CO)[C@@H](OC)[C@H]2O)(c2ccccc2)c2ccccc2)cc1. The van der Waals surface area contributed by atoms with Crippen molar-refractivity contribution in [1.29, 1.82) is 0 Å². The topological polar surface area (TPSA) is 124 Å². The van der Waals surface area contributed by atoms with E-state index in [-0.39, 0.29) is 6.61 Å². The van der Waals surface area contributed by atoms with Gasteiger partial charge in [-0.25, -0.2) is 15.0 Å². The number of fused-ring (bicyclic) bond motifs is 1. The number of benzene rings is 3. The summed E-state index contributed by atoms with van der Waals surface area (Å²) in [5.41, 5.74) is 3.04. The van der Waals surface area contributed by atoms with Gasteiger partial charge >= 0.3 is 0 Å². The van der Waals surface area contributed by atoms with Crippen LogP contribution >= 0.6 is 0 Å². The molecule has 5 aromatic rings. The molecule has 0 radical (unpaired) electrons. The molecule has 3 aromatic carbocycles. The summed E-state index contributed by atoms with van der Waals surface area (Å²) >= 11 is 0. The average Bonchev–Trinajstić information content (AvgIpc) is 3.61. The molecule has 2 aromatic heterocycles. The van der Waals surface area contributed by atoms with Crippen molar-refractivity contribution in [2.45, 2.75) is 30.1 Å². The maximum Gasteiger partial charge on any atom is 0.167 e. The highest BCUT2D eigenvalue weighted by atomic mass is 16.6. The van der Waals surface area contributed by atoms with Crippen molar-refractivity contribution in [2.75, 3.05) is 26.1 Å². The Hall–Kier alpha value is -4.35. The van der Waals surface area contributed by atoms with Crippen molar-refractivity contribution in [1.82, 2.24) is 19.5 Å². The minimum atomic E-state index is -1.03. The molecule has 0 amide bonds. The monoisotopic (exact) mass is 553 g/mol.